The Morgan fingerprint density at radius 3 is 2.71 bits per heavy atom. The zero-order valence-electron chi connectivity index (χ0n) is 25.6. The number of rotatable bonds is 7. The Morgan fingerprint density at radius 1 is 1.13 bits per heavy atom. The second kappa shape index (κ2) is 10.6. The van der Waals surface area contributed by atoms with Gasteiger partial charge in [-0.3, -0.25) is 0 Å². The van der Waals surface area contributed by atoms with E-state index in [0.717, 1.165) is 105 Å². The van der Waals surface area contributed by atoms with Gasteiger partial charge in [0.05, 0.1) is 54.4 Å². The van der Waals surface area contributed by atoms with Crippen LogP contribution >= 0.6 is 0 Å². The Labute approximate surface area is 263 Å². The van der Waals surface area contributed by atoms with Crippen LogP contribution in [0, 0.1) is 29.1 Å². The van der Waals surface area contributed by atoms with Crippen LogP contribution in [-0.4, -0.2) is 101 Å². The first-order chi connectivity index (χ1) is 22.1. The molecule has 4 atom stereocenters. The Balaban J connectivity index is 0.876. The fourth-order valence-electron chi connectivity index (χ4n) is 8.51. The quantitative estimate of drug-likeness (QED) is 0.434. The number of anilines is 1. The van der Waals surface area contributed by atoms with Gasteiger partial charge in [-0.05, 0) is 74.5 Å². The molecule has 11 heteroatoms. The summed E-state index contributed by atoms with van der Waals surface area (Å²) in [6.07, 6.45) is 12.3. The molecule has 1 N–H and O–H groups in total. The average Bonchev–Trinajstić information content (AvgIpc) is 3.42. The summed E-state index contributed by atoms with van der Waals surface area (Å²) in [6.45, 7) is 6.79. The predicted octanol–water partition coefficient (Wildman–Crippen LogP) is 3.53. The van der Waals surface area contributed by atoms with E-state index in [9.17, 15) is 10.1 Å². The summed E-state index contributed by atoms with van der Waals surface area (Å²) in [4.78, 5) is 24.8. The summed E-state index contributed by atoms with van der Waals surface area (Å²) in [7, 11) is 0. The molecule has 3 aromatic heterocycles. The fraction of sp³-hybridized carbons (Fsp3) is 0.588. The number of likely N-dealkylation sites (tertiary alicyclic amines) is 1. The van der Waals surface area contributed by atoms with E-state index in [1.165, 1.54) is 19.3 Å². The van der Waals surface area contributed by atoms with E-state index in [1.807, 2.05) is 18.5 Å². The highest BCUT2D eigenvalue weighted by molar-refractivity contribution is 5.85. The molecule has 1 saturated carbocycles. The molecule has 10 rings (SSSR count). The van der Waals surface area contributed by atoms with Crippen LogP contribution in [-0.2, 0) is 4.74 Å². The number of nitrogens with zero attached hydrogens (tertiary/aromatic N) is 7. The molecule has 7 fully saturated rings. The average molecular weight is 609 g/mol. The summed E-state index contributed by atoms with van der Waals surface area (Å²) in [6, 6.07) is 9.18. The number of carbonyl (C=O) groups excluding carboxylic acids is 1. The lowest BCUT2D eigenvalue weighted by atomic mass is 9.87. The molecule has 6 saturated heterocycles. The molecule has 6 aliphatic heterocycles. The van der Waals surface area contributed by atoms with Crippen LogP contribution in [0.4, 0.5) is 10.6 Å². The molecule has 7 aliphatic rings. The van der Waals surface area contributed by atoms with Crippen LogP contribution in [0.5, 0.6) is 5.75 Å². The van der Waals surface area contributed by atoms with Gasteiger partial charge in [-0.2, -0.15) is 10.4 Å². The van der Waals surface area contributed by atoms with Crippen LogP contribution in [0.3, 0.4) is 0 Å². The molecule has 2 amide bonds. The summed E-state index contributed by atoms with van der Waals surface area (Å²) >= 11 is 0. The van der Waals surface area contributed by atoms with Crippen molar-refractivity contribution in [2.75, 3.05) is 57.4 Å². The van der Waals surface area contributed by atoms with Crippen molar-refractivity contribution >= 4 is 17.4 Å². The van der Waals surface area contributed by atoms with Gasteiger partial charge in [0.15, 0.2) is 0 Å². The highest BCUT2D eigenvalue weighted by atomic mass is 16.5. The number of hydrogen-bond acceptors (Lipinski definition) is 8. The number of piperidine rings is 1. The molecule has 4 unspecified atom stereocenters. The third kappa shape index (κ3) is 4.81. The number of carbonyl (C=O) groups is 1. The molecule has 11 nitrogen and oxygen atoms in total. The number of nitriles is 1. The summed E-state index contributed by atoms with van der Waals surface area (Å²) in [5.74, 6) is 3.73. The number of piperazine rings is 1. The summed E-state index contributed by atoms with van der Waals surface area (Å²) < 4.78 is 14.0. The van der Waals surface area contributed by atoms with Crippen molar-refractivity contribution in [1.82, 2.24) is 29.7 Å². The zero-order valence-corrected chi connectivity index (χ0v) is 25.6. The van der Waals surface area contributed by atoms with Crippen LogP contribution in [0.25, 0.3) is 16.6 Å². The van der Waals surface area contributed by atoms with Gasteiger partial charge < -0.3 is 29.5 Å². The second-order valence-corrected chi connectivity index (χ2v) is 14.2. The normalized spacial score (nSPS) is 28.3. The third-order valence-electron chi connectivity index (χ3n) is 11.3. The van der Waals surface area contributed by atoms with E-state index < -0.39 is 0 Å². The Kier molecular flexibility index (Phi) is 6.46. The maximum Gasteiger partial charge on any atom is 0.320 e. The highest BCUT2D eigenvalue weighted by Gasteiger charge is 2.50. The Bertz CT molecular complexity index is 1650. The first-order valence-corrected chi connectivity index (χ1v) is 16.7. The SMILES string of the molecule is N#Cc1cnn2cc(OCCC3COC4(CNC4)C3)cc(-c3ccc(N4CC5CC(C4)N5C(=O)N4CCC(C5CC5)C4)nc3)c12. The lowest BCUT2D eigenvalue weighted by Crippen LogP contribution is -2.72. The molecule has 9 heterocycles. The number of urea groups is 1. The zero-order chi connectivity index (χ0) is 30.1. The number of amides is 2. The molecule has 2 bridgehead atoms. The van der Waals surface area contributed by atoms with Crippen LogP contribution < -0.4 is 15.0 Å². The Hall–Kier alpha value is -3.88. The minimum Gasteiger partial charge on any atom is -0.492 e. The van der Waals surface area contributed by atoms with Gasteiger partial charge in [0.25, 0.3) is 0 Å². The van der Waals surface area contributed by atoms with Crippen LogP contribution in [0.15, 0.2) is 36.8 Å². The lowest BCUT2D eigenvalue weighted by Gasteiger charge is -2.57. The van der Waals surface area contributed by atoms with Crippen molar-refractivity contribution in [2.24, 2.45) is 17.8 Å². The minimum absolute atomic E-state index is 0.0525. The number of aromatic nitrogens is 3. The van der Waals surface area contributed by atoms with Crippen molar-refractivity contribution < 1.29 is 14.3 Å². The van der Waals surface area contributed by atoms with Gasteiger partial charge in [0, 0.05) is 56.6 Å². The van der Waals surface area contributed by atoms with Crippen molar-refractivity contribution in [3.63, 3.8) is 0 Å². The lowest BCUT2D eigenvalue weighted by molar-refractivity contribution is -0.0363. The second-order valence-electron chi connectivity index (χ2n) is 14.2. The molecule has 3 aromatic rings. The maximum absolute atomic E-state index is 13.4. The third-order valence-corrected chi connectivity index (χ3v) is 11.3. The molecule has 1 aliphatic carbocycles. The van der Waals surface area contributed by atoms with E-state index in [0.29, 0.717) is 18.1 Å². The van der Waals surface area contributed by atoms with Crippen molar-refractivity contribution in [3.8, 4) is 22.9 Å². The fourth-order valence-corrected chi connectivity index (χ4v) is 8.51. The number of pyridine rings is 2. The highest BCUT2D eigenvalue weighted by Crippen LogP contribution is 2.43. The number of ether oxygens (including phenoxy) is 2. The molecule has 0 aromatic carbocycles. The number of hydrogen-bond donors (Lipinski definition) is 1. The molecule has 0 radical (unpaired) electrons. The molecule has 1 spiro atoms. The summed E-state index contributed by atoms with van der Waals surface area (Å²) in [5.41, 5.74) is 3.11. The van der Waals surface area contributed by atoms with Crippen LogP contribution in [0.1, 0.15) is 44.1 Å². The van der Waals surface area contributed by atoms with E-state index in [1.54, 1.807) is 10.7 Å². The number of nitrogens with one attached hydrogen (secondary N) is 1. The maximum atomic E-state index is 13.4. The smallest absolute Gasteiger partial charge is 0.320 e. The van der Waals surface area contributed by atoms with Gasteiger partial charge in [-0.1, -0.05) is 0 Å². The monoisotopic (exact) mass is 608 g/mol. The van der Waals surface area contributed by atoms with Gasteiger partial charge in [-0.15, -0.1) is 0 Å². The Morgan fingerprint density at radius 2 is 2.00 bits per heavy atom. The minimum atomic E-state index is 0.0525. The van der Waals surface area contributed by atoms with Gasteiger partial charge >= 0.3 is 6.03 Å². The van der Waals surface area contributed by atoms with Gasteiger partial charge in [0.2, 0.25) is 0 Å². The van der Waals surface area contributed by atoms with Crippen molar-refractivity contribution in [2.45, 2.75) is 56.2 Å². The van der Waals surface area contributed by atoms with Crippen molar-refractivity contribution in [1.29, 1.82) is 5.26 Å². The number of fused-ring (bicyclic) bond motifs is 3. The standard InChI is InChI=1S/C34H40N8O3/c35-12-26-14-38-41-18-29(44-8-6-22-11-34(45-19-22)20-36-21-34)10-30(32(26)41)24-3-4-31(37-13-24)40-16-27-9-28(17-40)42(27)33(43)39-7-5-25(15-39)23-1-2-23/h3-4,10,13-14,18,22-23,25,27-28,36H,1-2,5-9,11,15-17,19-21H2. The molecule has 234 valence electrons. The van der Waals surface area contributed by atoms with E-state index in [4.69, 9.17) is 14.5 Å². The van der Waals surface area contributed by atoms with Gasteiger partial charge in [0.1, 0.15) is 17.6 Å². The molecule has 45 heavy (non-hydrogen) atoms. The summed E-state index contributed by atoms with van der Waals surface area (Å²) in [5, 5.41) is 17.6. The first-order valence-electron chi connectivity index (χ1n) is 16.7. The van der Waals surface area contributed by atoms with Gasteiger partial charge in [-0.25, -0.2) is 14.3 Å². The molecular weight excluding hydrogens is 568 g/mol. The largest absolute Gasteiger partial charge is 0.492 e. The van der Waals surface area contributed by atoms with E-state index in [2.05, 4.69) is 43.3 Å². The van der Waals surface area contributed by atoms with Crippen LogP contribution in [0.2, 0.25) is 0 Å². The van der Waals surface area contributed by atoms with Crippen molar-refractivity contribution in [3.05, 3.63) is 42.4 Å². The first kappa shape index (κ1) is 27.4. The van der Waals surface area contributed by atoms with E-state index >= 15 is 0 Å². The van der Waals surface area contributed by atoms with E-state index in [-0.39, 0.29) is 23.7 Å². The molecular formula is C34H40N8O3. The topological polar surface area (TPSA) is 111 Å². The predicted molar refractivity (Wildman–Crippen MR) is 167 cm³/mol.